The molecule has 1 amide bonds. The molecule has 0 unspecified atom stereocenters. The van der Waals surface area contributed by atoms with Crippen LogP contribution in [0.15, 0.2) is 35.1 Å². The van der Waals surface area contributed by atoms with Crippen molar-refractivity contribution in [2.24, 2.45) is 11.3 Å². The number of carbonyl (C=O) groups is 1. The average molecular weight is 504 g/mol. The third-order valence-corrected chi connectivity index (χ3v) is 7.90. The lowest BCUT2D eigenvalue weighted by atomic mass is 9.70. The first-order valence-electron chi connectivity index (χ1n) is 13.7. The van der Waals surface area contributed by atoms with Gasteiger partial charge < -0.3 is 9.88 Å². The molecule has 0 aliphatic heterocycles. The minimum absolute atomic E-state index is 0.0142. The molecule has 2 heterocycles. The van der Waals surface area contributed by atoms with Crippen molar-refractivity contribution in [2.45, 2.75) is 79.6 Å². The molecule has 37 heavy (non-hydrogen) atoms. The number of imidazole rings is 1. The second kappa shape index (κ2) is 11.0. The Balaban J connectivity index is 1.68. The zero-order valence-electron chi connectivity index (χ0n) is 23.2. The van der Waals surface area contributed by atoms with Crippen LogP contribution in [0.3, 0.4) is 0 Å². The van der Waals surface area contributed by atoms with Crippen molar-refractivity contribution in [3.63, 3.8) is 0 Å². The van der Waals surface area contributed by atoms with Crippen LogP contribution in [0.1, 0.15) is 90.2 Å². The highest BCUT2D eigenvalue weighted by Crippen LogP contribution is 2.43. The number of hydrogen-bond acceptors (Lipinski definition) is 4. The largest absolute Gasteiger partial charge is 0.340 e. The van der Waals surface area contributed by atoms with Gasteiger partial charge in [-0.15, -0.1) is 5.10 Å². The van der Waals surface area contributed by atoms with Gasteiger partial charge in [0.15, 0.2) is 11.3 Å². The first-order valence-corrected chi connectivity index (χ1v) is 13.7. The SMILES string of the molecule is CCc1nc([C@H]2CC[C@@H](C(C)(C)C)CC2)n2nc(-c3cccc(C=CC(=O)N(CC)CC)c3)[nH]c(=O)c12. The number of amides is 1. The summed E-state index contributed by atoms with van der Waals surface area (Å²) in [5, 5.41) is 4.91. The molecule has 4 rings (SSSR count). The molecule has 7 nitrogen and oxygen atoms in total. The molecule has 1 N–H and O–H groups in total. The van der Waals surface area contributed by atoms with Crippen LogP contribution in [-0.4, -0.2) is 43.5 Å². The summed E-state index contributed by atoms with van der Waals surface area (Å²) in [6, 6.07) is 7.74. The number of H-pyrrole nitrogens is 1. The Labute approximate surface area is 220 Å². The first kappa shape index (κ1) is 26.8. The molecule has 3 aromatic rings. The summed E-state index contributed by atoms with van der Waals surface area (Å²) in [5.74, 6) is 2.41. The van der Waals surface area contributed by atoms with Crippen molar-refractivity contribution in [3.8, 4) is 11.4 Å². The van der Waals surface area contributed by atoms with E-state index in [1.807, 2.05) is 55.6 Å². The number of aryl methyl sites for hydroxylation is 1. The van der Waals surface area contributed by atoms with E-state index in [0.29, 0.717) is 48.1 Å². The molecule has 0 atom stereocenters. The van der Waals surface area contributed by atoms with Gasteiger partial charge in [0.1, 0.15) is 5.82 Å². The monoisotopic (exact) mass is 503 g/mol. The molecule has 2 aromatic heterocycles. The molecular weight excluding hydrogens is 462 g/mol. The summed E-state index contributed by atoms with van der Waals surface area (Å²) in [5.41, 5.74) is 3.18. The number of fused-ring (bicyclic) bond motifs is 1. The van der Waals surface area contributed by atoms with E-state index >= 15 is 0 Å². The van der Waals surface area contributed by atoms with E-state index < -0.39 is 0 Å². The second-order valence-electron chi connectivity index (χ2n) is 11.2. The van der Waals surface area contributed by atoms with Crippen LogP contribution in [-0.2, 0) is 11.2 Å². The maximum atomic E-state index is 13.3. The van der Waals surface area contributed by atoms with E-state index in [4.69, 9.17) is 10.1 Å². The summed E-state index contributed by atoms with van der Waals surface area (Å²) in [6.07, 6.45) is 8.56. The van der Waals surface area contributed by atoms with Crippen LogP contribution >= 0.6 is 0 Å². The van der Waals surface area contributed by atoms with Crippen LogP contribution < -0.4 is 5.56 Å². The van der Waals surface area contributed by atoms with Crippen LogP contribution in [0.4, 0.5) is 0 Å². The molecular formula is C30H41N5O2. The Hall–Kier alpha value is -3.22. The normalized spacial score (nSPS) is 18.5. The molecule has 1 aliphatic rings. The minimum atomic E-state index is -0.165. The fourth-order valence-corrected chi connectivity index (χ4v) is 5.55. The lowest BCUT2D eigenvalue weighted by molar-refractivity contribution is -0.125. The van der Waals surface area contributed by atoms with Crippen LogP contribution in [0.5, 0.6) is 0 Å². The zero-order chi connectivity index (χ0) is 26.7. The summed E-state index contributed by atoms with van der Waals surface area (Å²) < 4.78 is 1.81. The van der Waals surface area contributed by atoms with Crippen LogP contribution in [0, 0.1) is 11.3 Å². The van der Waals surface area contributed by atoms with Gasteiger partial charge in [0, 0.05) is 30.6 Å². The number of aromatic amines is 1. The number of benzene rings is 1. The predicted octanol–water partition coefficient (Wildman–Crippen LogP) is 5.85. The summed E-state index contributed by atoms with van der Waals surface area (Å²) >= 11 is 0. The van der Waals surface area contributed by atoms with E-state index in [0.717, 1.165) is 35.5 Å². The van der Waals surface area contributed by atoms with E-state index in [2.05, 4.69) is 25.8 Å². The van der Waals surface area contributed by atoms with Gasteiger partial charge in [-0.05, 0) is 75.0 Å². The van der Waals surface area contributed by atoms with Crippen molar-refractivity contribution in [1.29, 1.82) is 0 Å². The molecule has 0 radical (unpaired) electrons. The molecule has 198 valence electrons. The molecule has 1 fully saturated rings. The third kappa shape index (κ3) is 5.71. The Morgan fingerprint density at radius 1 is 1.14 bits per heavy atom. The molecule has 0 spiro atoms. The fraction of sp³-hybridized carbons (Fsp3) is 0.533. The number of likely N-dealkylation sites (N-methyl/N-ethyl adjacent to an activating group) is 1. The molecule has 1 saturated carbocycles. The van der Waals surface area contributed by atoms with E-state index in [1.165, 1.54) is 12.8 Å². The number of hydrogen-bond donors (Lipinski definition) is 1. The van der Waals surface area contributed by atoms with Gasteiger partial charge in [0.05, 0.1) is 5.69 Å². The highest BCUT2D eigenvalue weighted by atomic mass is 16.2. The molecule has 1 aromatic carbocycles. The van der Waals surface area contributed by atoms with Crippen LogP contribution in [0.25, 0.3) is 23.0 Å². The number of carbonyl (C=O) groups excluding carboxylic acids is 1. The van der Waals surface area contributed by atoms with Gasteiger partial charge in [-0.1, -0.05) is 45.9 Å². The maximum Gasteiger partial charge on any atom is 0.277 e. The summed E-state index contributed by atoms with van der Waals surface area (Å²) in [4.78, 5) is 35.3. The molecule has 1 aliphatic carbocycles. The van der Waals surface area contributed by atoms with E-state index in [1.54, 1.807) is 11.0 Å². The van der Waals surface area contributed by atoms with Crippen molar-refractivity contribution in [2.75, 3.05) is 13.1 Å². The first-order chi connectivity index (χ1) is 17.7. The lowest BCUT2D eigenvalue weighted by Gasteiger charge is -2.36. The fourth-order valence-electron chi connectivity index (χ4n) is 5.55. The highest BCUT2D eigenvalue weighted by Gasteiger charge is 2.32. The lowest BCUT2D eigenvalue weighted by Crippen LogP contribution is -2.28. The van der Waals surface area contributed by atoms with Crippen molar-refractivity contribution in [3.05, 3.63) is 57.8 Å². The van der Waals surface area contributed by atoms with Crippen molar-refractivity contribution in [1.82, 2.24) is 24.5 Å². The topological polar surface area (TPSA) is 83.4 Å². The maximum absolute atomic E-state index is 13.3. The Bertz CT molecular complexity index is 1330. The minimum Gasteiger partial charge on any atom is -0.340 e. The predicted molar refractivity (Wildman–Crippen MR) is 150 cm³/mol. The number of aromatic nitrogens is 4. The number of nitrogens with zero attached hydrogens (tertiary/aromatic N) is 4. The van der Waals surface area contributed by atoms with Gasteiger partial charge >= 0.3 is 0 Å². The quantitative estimate of drug-likeness (QED) is 0.410. The van der Waals surface area contributed by atoms with Crippen molar-refractivity contribution < 1.29 is 4.79 Å². The smallest absolute Gasteiger partial charge is 0.277 e. The third-order valence-electron chi connectivity index (χ3n) is 7.90. The second-order valence-corrected chi connectivity index (χ2v) is 11.2. The Morgan fingerprint density at radius 2 is 1.84 bits per heavy atom. The average Bonchev–Trinajstić information content (AvgIpc) is 3.27. The van der Waals surface area contributed by atoms with Gasteiger partial charge in [0.25, 0.3) is 5.56 Å². The number of nitrogens with one attached hydrogen (secondary N) is 1. The highest BCUT2D eigenvalue weighted by molar-refractivity contribution is 5.91. The standard InChI is InChI=1S/C30H41N5O2/c1-7-24-26-29(37)32-27(22-12-10-11-20(19-22)13-18-25(36)34(8-2)9-3)33-35(26)28(31-24)21-14-16-23(17-15-21)30(4,5)6/h10-13,18-19,21,23H,7-9,14-17H2,1-6H3,(H,32,33,37)/t21-,23+. The Morgan fingerprint density at radius 3 is 2.46 bits per heavy atom. The molecule has 0 bridgehead atoms. The summed E-state index contributed by atoms with van der Waals surface area (Å²) in [7, 11) is 0. The van der Waals surface area contributed by atoms with Gasteiger partial charge in [0.2, 0.25) is 5.91 Å². The van der Waals surface area contributed by atoms with Gasteiger partial charge in [-0.2, -0.15) is 0 Å². The van der Waals surface area contributed by atoms with Gasteiger partial charge in [-0.3, -0.25) is 9.59 Å². The Kier molecular flexibility index (Phi) is 8.00. The number of rotatable bonds is 7. The summed E-state index contributed by atoms with van der Waals surface area (Å²) in [6.45, 7) is 14.3. The zero-order valence-corrected chi connectivity index (χ0v) is 23.2. The van der Waals surface area contributed by atoms with E-state index in [9.17, 15) is 9.59 Å². The van der Waals surface area contributed by atoms with Crippen molar-refractivity contribution >= 4 is 17.5 Å². The van der Waals surface area contributed by atoms with E-state index in [-0.39, 0.29) is 11.5 Å². The molecule has 7 heteroatoms. The van der Waals surface area contributed by atoms with Crippen LogP contribution in [0.2, 0.25) is 0 Å². The van der Waals surface area contributed by atoms with Gasteiger partial charge in [-0.25, -0.2) is 9.50 Å². The molecule has 0 saturated heterocycles.